The SMILES string of the molecule is CC1(C)c2cc(-c3ccc4c5cc(-c6cccc7c6sc6ccccc67)ccc5n(-c5ccccc5)c4c3)ccc2-c2ccc3oc4ccccc4c3c21. The van der Waals surface area contributed by atoms with Crippen LogP contribution in [0.4, 0.5) is 0 Å². The van der Waals surface area contributed by atoms with E-state index in [1.165, 1.54) is 97.3 Å². The molecular formula is C51H33NOS. The molecule has 0 spiro atoms. The Kier molecular flexibility index (Phi) is 6.03. The van der Waals surface area contributed by atoms with Crippen molar-refractivity contribution >= 4 is 75.3 Å². The molecule has 3 aromatic heterocycles. The van der Waals surface area contributed by atoms with Gasteiger partial charge in [0.1, 0.15) is 11.2 Å². The summed E-state index contributed by atoms with van der Waals surface area (Å²) in [6.07, 6.45) is 0. The molecule has 0 saturated heterocycles. The van der Waals surface area contributed by atoms with Gasteiger partial charge in [-0.25, -0.2) is 0 Å². The third-order valence-corrected chi connectivity index (χ3v) is 13.2. The van der Waals surface area contributed by atoms with Gasteiger partial charge >= 0.3 is 0 Å². The van der Waals surface area contributed by atoms with Crippen LogP contribution in [0.25, 0.3) is 103 Å². The fraction of sp³-hybridized carbons (Fsp3) is 0.0588. The molecule has 3 heterocycles. The van der Waals surface area contributed by atoms with Crippen LogP contribution >= 0.6 is 11.3 Å². The van der Waals surface area contributed by atoms with Crippen molar-refractivity contribution in [3.05, 3.63) is 175 Å². The second kappa shape index (κ2) is 10.8. The van der Waals surface area contributed by atoms with E-state index in [4.69, 9.17) is 4.42 Å². The minimum atomic E-state index is -0.191. The Morgan fingerprint density at radius 3 is 2.13 bits per heavy atom. The van der Waals surface area contributed by atoms with E-state index in [1.54, 1.807) is 0 Å². The maximum Gasteiger partial charge on any atom is 0.135 e. The van der Waals surface area contributed by atoms with Crippen LogP contribution < -0.4 is 0 Å². The molecule has 3 heteroatoms. The van der Waals surface area contributed by atoms with Crippen molar-refractivity contribution in [2.24, 2.45) is 0 Å². The first kappa shape index (κ1) is 30.1. The molecule has 1 aliphatic carbocycles. The van der Waals surface area contributed by atoms with Gasteiger partial charge in [0, 0.05) is 52.8 Å². The van der Waals surface area contributed by atoms with E-state index in [1.807, 2.05) is 11.3 Å². The normalized spacial score (nSPS) is 13.5. The number of thiophene rings is 1. The van der Waals surface area contributed by atoms with Crippen LogP contribution in [0, 0.1) is 0 Å². The summed E-state index contributed by atoms with van der Waals surface area (Å²) < 4.78 is 11.4. The first-order valence-corrected chi connectivity index (χ1v) is 19.5. The number of benzene rings is 8. The molecule has 0 amide bonds. The quantitative estimate of drug-likeness (QED) is 0.179. The van der Waals surface area contributed by atoms with Gasteiger partial charge < -0.3 is 8.98 Å². The lowest BCUT2D eigenvalue weighted by Crippen LogP contribution is -2.15. The highest BCUT2D eigenvalue weighted by Crippen LogP contribution is 2.54. The summed E-state index contributed by atoms with van der Waals surface area (Å²) in [7, 11) is 0. The molecule has 0 fully saturated rings. The fourth-order valence-corrected chi connectivity index (χ4v) is 10.7. The molecule has 1 aliphatic rings. The van der Waals surface area contributed by atoms with Gasteiger partial charge in [-0.05, 0) is 99.1 Å². The number of fused-ring (bicyclic) bond motifs is 13. The third-order valence-electron chi connectivity index (χ3n) is 12.0. The van der Waals surface area contributed by atoms with Crippen LogP contribution in [-0.2, 0) is 5.41 Å². The molecule has 54 heavy (non-hydrogen) atoms. The highest BCUT2D eigenvalue weighted by molar-refractivity contribution is 7.26. The van der Waals surface area contributed by atoms with Crippen molar-refractivity contribution in [1.29, 1.82) is 0 Å². The lowest BCUT2D eigenvalue weighted by atomic mass is 9.80. The van der Waals surface area contributed by atoms with Crippen LogP contribution in [-0.4, -0.2) is 4.57 Å². The minimum Gasteiger partial charge on any atom is -0.456 e. The summed E-state index contributed by atoms with van der Waals surface area (Å²) in [5.74, 6) is 0. The summed E-state index contributed by atoms with van der Waals surface area (Å²) in [5.41, 5.74) is 15.6. The lowest BCUT2D eigenvalue weighted by molar-refractivity contribution is 0.657. The van der Waals surface area contributed by atoms with Crippen LogP contribution in [0.3, 0.4) is 0 Å². The highest BCUT2D eigenvalue weighted by Gasteiger charge is 2.38. The van der Waals surface area contributed by atoms with E-state index in [0.29, 0.717) is 0 Å². The van der Waals surface area contributed by atoms with Crippen molar-refractivity contribution in [3.63, 3.8) is 0 Å². The number of hydrogen-bond acceptors (Lipinski definition) is 2. The summed E-state index contributed by atoms with van der Waals surface area (Å²) in [6.45, 7) is 4.74. The van der Waals surface area contributed by atoms with Gasteiger partial charge in [0.15, 0.2) is 0 Å². The average Bonchev–Trinajstić information content (AvgIpc) is 3.94. The molecule has 0 saturated carbocycles. The van der Waals surface area contributed by atoms with Crippen LogP contribution in [0.5, 0.6) is 0 Å². The smallest absolute Gasteiger partial charge is 0.135 e. The number of hydrogen-bond donors (Lipinski definition) is 0. The van der Waals surface area contributed by atoms with E-state index < -0.39 is 0 Å². The van der Waals surface area contributed by atoms with Crippen LogP contribution in [0.1, 0.15) is 25.0 Å². The Labute approximate surface area is 316 Å². The Balaban J connectivity index is 1.04. The molecule has 0 radical (unpaired) electrons. The Morgan fingerprint density at radius 2 is 1.22 bits per heavy atom. The second-order valence-electron chi connectivity index (χ2n) is 15.3. The molecule has 0 bridgehead atoms. The van der Waals surface area contributed by atoms with Gasteiger partial charge in [-0.15, -0.1) is 11.3 Å². The number of aromatic nitrogens is 1. The molecule has 0 unspecified atom stereocenters. The van der Waals surface area contributed by atoms with Gasteiger partial charge in [-0.3, -0.25) is 0 Å². The molecule has 0 atom stereocenters. The van der Waals surface area contributed by atoms with Gasteiger partial charge in [0.05, 0.1) is 11.0 Å². The van der Waals surface area contributed by atoms with Gasteiger partial charge in [-0.2, -0.15) is 0 Å². The number of furan rings is 1. The maximum absolute atomic E-state index is 6.34. The topological polar surface area (TPSA) is 18.1 Å². The number of nitrogens with zero attached hydrogens (tertiary/aromatic N) is 1. The fourth-order valence-electron chi connectivity index (χ4n) is 9.50. The van der Waals surface area contributed by atoms with Gasteiger partial charge in [-0.1, -0.05) is 123 Å². The summed E-state index contributed by atoms with van der Waals surface area (Å²) in [6, 6.07) is 60.3. The second-order valence-corrected chi connectivity index (χ2v) is 16.3. The van der Waals surface area contributed by atoms with Crippen LogP contribution in [0.15, 0.2) is 168 Å². The third kappa shape index (κ3) is 4.05. The maximum atomic E-state index is 6.34. The summed E-state index contributed by atoms with van der Waals surface area (Å²) in [4.78, 5) is 0. The molecule has 8 aromatic carbocycles. The molecule has 12 rings (SSSR count). The van der Waals surface area contributed by atoms with E-state index in [-0.39, 0.29) is 5.41 Å². The van der Waals surface area contributed by atoms with Crippen molar-refractivity contribution < 1.29 is 4.42 Å². The molecule has 254 valence electrons. The van der Waals surface area contributed by atoms with E-state index in [2.05, 4.69) is 182 Å². The zero-order valence-corrected chi connectivity index (χ0v) is 30.7. The first-order valence-electron chi connectivity index (χ1n) is 18.7. The van der Waals surface area contributed by atoms with Crippen molar-refractivity contribution in [2.75, 3.05) is 0 Å². The van der Waals surface area contributed by atoms with E-state index in [9.17, 15) is 0 Å². The highest BCUT2D eigenvalue weighted by atomic mass is 32.1. The lowest BCUT2D eigenvalue weighted by Gasteiger charge is -2.23. The van der Waals surface area contributed by atoms with Crippen LogP contribution in [0.2, 0.25) is 0 Å². The summed E-state index contributed by atoms with van der Waals surface area (Å²) >= 11 is 1.89. The predicted octanol–water partition coefficient (Wildman–Crippen LogP) is 14.7. The zero-order chi connectivity index (χ0) is 35.7. The monoisotopic (exact) mass is 707 g/mol. The predicted molar refractivity (Wildman–Crippen MR) is 229 cm³/mol. The first-order chi connectivity index (χ1) is 26.5. The summed E-state index contributed by atoms with van der Waals surface area (Å²) in [5, 5.41) is 7.60. The van der Waals surface area contributed by atoms with E-state index >= 15 is 0 Å². The molecule has 2 nitrogen and oxygen atoms in total. The Hall–Kier alpha value is -6.42. The Bertz CT molecular complexity index is 3360. The molecule has 0 aliphatic heterocycles. The van der Waals surface area contributed by atoms with Gasteiger partial charge in [0.25, 0.3) is 0 Å². The van der Waals surface area contributed by atoms with Crippen molar-refractivity contribution in [3.8, 4) is 39.1 Å². The minimum absolute atomic E-state index is 0.191. The van der Waals surface area contributed by atoms with Gasteiger partial charge in [0.2, 0.25) is 0 Å². The zero-order valence-electron chi connectivity index (χ0n) is 29.9. The largest absolute Gasteiger partial charge is 0.456 e. The number of rotatable bonds is 3. The van der Waals surface area contributed by atoms with Crippen molar-refractivity contribution in [1.82, 2.24) is 4.57 Å². The molecule has 11 aromatic rings. The van der Waals surface area contributed by atoms with Crippen molar-refractivity contribution in [2.45, 2.75) is 19.3 Å². The molecular weight excluding hydrogens is 675 g/mol. The molecule has 0 N–H and O–H groups in total. The standard InChI is InChI=1S/C51H33NOS/c1-51(2)42-28-30(19-22-35(42)38-24-26-46-48(49(38)51)40-14-6-8-17-45(40)53-46)31-20-23-36-41-27-32(21-25-43(41)52(44(36)29-31)33-11-4-3-5-12-33)34-15-10-16-39-37-13-7-9-18-47(37)54-50(34)39/h3-29H,1-2H3. The Morgan fingerprint density at radius 1 is 0.481 bits per heavy atom. The van der Waals surface area contributed by atoms with E-state index in [0.717, 1.165) is 16.9 Å². The average molecular weight is 708 g/mol. The number of para-hydroxylation sites is 2.